The van der Waals surface area contributed by atoms with Crippen molar-refractivity contribution in [1.82, 2.24) is 4.90 Å². The van der Waals surface area contributed by atoms with E-state index in [2.05, 4.69) is 0 Å². The molecule has 0 bridgehead atoms. The number of hydrogen-bond donors (Lipinski definition) is 2. The lowest BCUT2D eigenvalue weighted by Gasteiger charge is -2.24. The number of aldehydes is 1. The van der Waals surface area contributed by atoms with Crippen LogP contribution < -0.4 is 10.6 Å². The molecule has 2 amide bonds. The van der Waals surface area contributed by atoms with Crippen LogP contribution in [0.25, 0.3) is 10.8 Å². The smallest absolute Gasteiger partial charge is 0.246 e. The summed E-state index contributed by atoms with van der Waals surface area (Å²) in [6, 6.07) is 16.3. The largest absolute Gasteiger partial charge is 0.507 e. The molecule has 3 N–H and O–H groups in total. The van der Waals surface area contributed by atoms with E-state index in [-0.39, 0.29) is 43.0 Å². The van der Waals surface area contributed by atoms with Gasteiger partial charge in [0.25, 0.3) is 0 Å². The monoisotopic (exact) mass is 479 g/mol. The van der Waals surface area contributed by atoms with Crippen LogP contribution in [0.4, 0.5) is 11.4 Å². The highest BCUT2D eigenvalue weighted by Crippen LogP contribution is 2.45. The first-order chi connectivity index (χ1) is 16.4. The Balaban J connectivity index is 1.53. The molecular weight excluding hydrogens is 454 g/mol. The second kappa shape index (κ2) is 10.1. The van der Waals surface area contributed by atoms with Crippen LogP contribution in [0.2, 0.25) is 0 Å². The number of aromatic hydroxyl groups is 1. The van der Waals surface area contributed by atoms with Gasteiger partial charge in [-0.3, -0.25) is 9.59 Å². The third-order valence-electron chi connectivity index (χ3n) is 6.21. The number of nitrogens with zero attached hydrogens (tertiary/aromatic N) is 2. The first-order valence-corrected chi connectivity index (χ1v) is 11.6. The molecular formula is C26H26ClN3O4. The molecule has 4 rings (SSSR count). The molecule has 0 spiro atoms. The molecule has 7 nitrogen and oxygen atoms in total. The number of nitrogen functional groups attached to an aromatic ring is 1. The number of anilines is 2. The number of amides is 2. The van der Waals surface area contributed by atoms with E-state index in [1.165, 1.54) is 4.90 Å². The second-order valence-electron chi connectivity index (χ2n) is 8.41. The number of hydrogen-bond acceptors (Lipinski definition) is 5. The topological polar surface area (TPSA) is 104 Å². The van der Waals surface area contributed by atoms with Crippen LogP contribution in [0, 0.1) is 0 Å². The van der Waals surface area contributed by atoms with E-state index in [4.69, 9.17) is 17.3 Å². The minimum atomic E-state index is -0.328. The fraction of sp³-hybridized carbons (Fsp3) is 0.269. The maximum absolute atomic E-state index is 13.3. The number of rotatable bonds is 8. The third kappa shape index (κ3) is 4.70. The summed E-state index contributed by atoms with van der Waals surface area (Å²) >= 11 is 6.24. The molecule has 3 aromatic rings. The van der Waals surface area contributed by atoms with E-state index in [1.807, 2.05) is 36.4 Å². The maximum Gasteiger partial charge on any atom is 0.246 e. The lowest BCUT2D eigenvalue weighted by Crippen LogP contribution is -2.43. The summed E-state index contributed by atoms with van der Waals surface area (Å²) in [7, 11) is 0. The molecule has 1 aliphatic heterocycles. The Morgan fingerprint density at radius 2 is 1.85 bits per heavy atom. The van der Waals surface area contributed by atoms with Crippen LogP contribution in [0.1, 0.15) is 23.5 Å². The lowest BCUT2D eigenvalue weighted by atomic mass is 9.95. The summed E-state index contributed by atoms with van der Waals surface area (Å²) < 4.78 is 0. The summed E-state index contributed by atoms with van der Waals surface area (Å²) in [6.07, 6.45) is 1.26. The van der Waals surface area contributed by atoms with Gasteiger partial charge in [-0.15, -0.1) is 11.6 Å². The van der Waals surface area contributed by atoms with Crippen molar-refractivity contribution in [3.8, 4) is 5.75 Å². The summed E-state index contributed by atoms with van der Waals surface area (Å²) in [5.41, 5.74) is 8.79. The molecule has 3 aromatic carbocycles. The van der Waals surface area contributed by atoms with Crippen molar-refractivity contribution >= 4 is 51.8 Å². The van der Waals surface area contributed by atoms with Crippen LogP contribution in [0.3, 0.4) is 0 Å². The van der Waals surface area contributed by atoms with Gasteiger partial charge in [-0.1, -0.05) is 36.4 Å². The molecule has 1 unspecified atom stereocenters. The summed E-state index contributed by atoms with van der Waals surface area (Å²) in [6.45, 7) is -0.0596. The molecule has 1 heterocycles. The average molecular weight is 480 g/mol. The van der Waals surface area contributed by atoms with Crippen molar-refractivity contribution in [2.24, 2.45) is 0 Å². The normalized spacial score (nSPS) is 14.7. The van der Waals surface area contributed by atoms with Gasteiger partial charge in [0.15, 0.2) is 0 Å². The minimum Gasteiger partial charge on any atom is -0.507 e. The second-order valence-corrected chi connectivity index (χ2v) is 8.72. The minimum absolute atomic E-state index is 0.0756. The predicted molar refractivity (Wildman–Crippen MR) is 133 cm³/mol. The van der Waals surface area contributed by atoms with Crippen LogP contribution in [0.5, 0.6) is 5.75 Å². The van der Waals surface area contributed by atoms with E-state index in [0.29, 0.717) is 41.9 Å². The van der Waals surface area contributed by atoms with Gasteiger partial charge < -0.3 is 25.4 Å². The fourth-order valence-corrected chi connectivity index (χ4v) is 4.73. The van der Waals surface area contributed by atoms with Gasteiger partial charge in [-0.2, -0.15) is 0 Å². The number of benzene rings is 3. The zero-order valence-electron chi connectivity index (χ0n) is 18.6. The van der Waals surface area contributed by atoms with Crippen LogP contribution in [0.15, 0.2) is 54.6 Å². The van der Waals surface area contributed by atoms with E-state index in [0.717, 1.165) is 16.5 Å². The van der Waals surface area contributed by atoms with E-state index in [9.17, 15) is 19.5 Å². The van der Waals surface area contributed by atoms with Gasteiger partial charge in [-0.05, 0) is 35.1 Å². The molecule has 0 aromatic heterocycles. The number of phenols is 1. The van der Waals surface area contributed by atoms with E-state index >= 15 is 0 Å². The van der Waals surface area contributed by atoms with Gasteiger partial charge in [0.1, 0.15) is 18.6 Å². The Kier molecular flexibility index (Phi) is 7.03. The Morgan fingerprint density at radius 1 is 1.15 bits per heavy atom. The lowest BCUT2D eigenvalue weighted by molar-refractivity contribution is -0.136. The summed E-state index contributed by atoms with van der Waals surface area (Å²) in [5.74, 6) is -0.332. The Bertz CT molecular complexity index is 1230. The zero-order chi connectivity index (χ0) is 24.2. The molecule has 34 heavy (non-hydrogen) atoms. The van der Waals surface area contributed by atoms with Crippen LogP contribution >= 0.6 is 11.6 Å². The van der Waals surface area contributed by atoms with Crippen molar-refractivity contribution in [2.45, 2.75) is 18.8 Å². The molecule has 0 saturated carbocycles. The van der Waals surface area contributed by atoms with Crippen LogP contribution in [-0.4, -0.2) is 53.6 Å². The molecule has 0 aliphatic carbocycles. The number of fused-ring (bicyclic) bond motifs is 3. The number of phenolic OH excluding ortho intramolecular Hbond substituents is 1. The zero-order valence-corrected chi connectivity index (χ0v) is 19.4. The number of aryl methyl sites for hydroxylation is 1. The summed E-state index contributed by atoms with van der Waals surface area (Å²) in [4.78, 5) is 40.2. The third-order valence-corrected chi connectivity index (χ3v) is 6.59. The highest BCUT2D eigenvalue weighted by Gasteiger charge is 2.35. The standard InChI is InChI=1S/C26H26ClN3O4/c27-14-18-15-30(22-13-23(32)20-3-1-2-4-21(20)26(18)22)25(34)16-29(11-12-31)24(33)10-7-17-5-8-19(28)9-6-17/h1-6,8-9,12-13,18,32H,7,10-11,14-16,28H2. The number of nitrogens with two attached hydrogens (primary N) is 1. The Labute approximate surface area is 202 Å². The van der Waals surface area contributed by atoms with Gasteiger partial charge in [0, 0.05) is 41.9 Å². The highest BCUT2D eigenvalue weighted by molar-refractivity contribution is 6.19. The van der Waals surface area contributed by atoms with Crippen molar-refractivity contribution < 1.29 is 19.5 Å². The van der Waals surface area contributed by atoms with Gasteiger partial charge in [0.05, 0.1) is 12.2 Å². The number of carbonyl (C=O) groups excluding carboxylic acids is 3. The highest BCUT2D eigenvalue weighted by atomic mass is 35.5. The van der Waals surface area contributed by atoms with Gasteiger partial charge in [-0.25, -0.2) is 0 Å². The number of halogens is 1. The SMILES string of the molecule is Nc1ccc(CCC(=O)N(CC=O)CC(=O)N2CC(CCl)c3c2cc(O)c2ccccc32)cc1. The first kappa shape index (κ1) is 23.6. The van der Waals surface area contributed by atoms with Gasteiger partial charge in [0.2, 0.25) is 11.8 Å². The van der Waals surface area contributed by atoms with E-state index in [1.54, 1.807) is 23.1 Å². The average Bonchev–Trinajstić information content (AvgIpc) is 3.22. The molecule has 0 radical (unpaired) electrons. The molecule has 1 aliphatic rings. The quantitative estimate of drug-likeness (QED) is 0.292. The maximum atomic E-state index is 13.3. The van der Waals surface area contributed by atoms with Crippen molar-refractivity contribution in [1.29, 1.82) is 0 Å². The van der Waals surface area contributed by atoms with Crippen molar-refractivity contribution in [3.05, 3.63) is 65.7 Å². The molecule has 0 fully saturated rings. The van der Waals surface area contributed by atoms with Gasteiger partial charge >= 0.3 is 0 Å². The predicted octanol–water partition coefficient (Wildman–Crippen LogP) is 3.46. The van der Waals surface area contributed by atoms with E-state index < -0.39 is 0 Å². The number of carbonyl (C=O) groups is 3. The van der Waals surface area contributed by atoms with Crippen LogP contribution in [-0.2, 0) is 20.8 Å². The summed E-state index contributed by atoms with van der Waals surface area (Å²) in [5, 5.41) is 12.1. The first-order valence-electron chi connectivity index (χ1n) is 11.1. The van der Waals surface area contributed by atoms with Crippen molar-refractivity contribution in [2.75, 3.05) is 36.1 Å². The molecule has 8 heteroatoms. The number of alkyl halides is 1. The fourth-order valence-electron chi connectivity index (χ4n) is 4.48. The molecule has 176 valence electrons. The Morgan fingerprint density at radius 3 is 2.53 bits per heavy atom. The molecule has 1 atom stereocenters. The Hall–Kier alpha value is -3.58. The molecule has 0 saturated heterocycles. The van der Waals surface area contributed by atoms with Crippen molar-refractivity contribution in [3.63, 3.8) is 0 Å².